The zero-order valence-corrected chi connectivity index (χ0v) is 21.1. The zero-order chi connectivity index (χ0) is 21.7. The van der Waals surface area contributed by atoms with E-state index in [1.807, 2.05) is 42.5 Å². The molecule has 1 saturated heterocycles. The fourth-order valence-corrected chi connectivity index (χ4v) is 4.58. The van der Waals surface area contributed by atoms with E-state index in [0.29, 0.717) is 12.3 Å². The molecule has 3 rings (SSSR count). The van der Waals surface area contributed by atoms with Gasteiger partial charge in [-0.15, -0.1) is 0 Å². The van der Waals surface area contributed by atoms with E-state index in [2.05, 4.69) is 24.9 Å². The van der Waals surface area contributed by atoms with Crippen molar-refractivity contribution in [3.05, 3.63) is 65.7 Å². The van der Waals surface area contributed by atoms with E-state index >= 15 is 0 Å². The second-order valence-corrected chi connectivity index (χ2v) is 8.65. The minimum Gasteiger partial charge on any atom is -1.00 e. The van der Waals surface area contributed by atoms with Gasteiger partial charge in [0.1, 0.15) is 5.75 Å². The molecule has 162 valence electrons. The first-order valence-electron chi connectivity index (χ1n) is 10.6. The first-order chi connectivity index (χ1) is 14.3. The van der Waals surface area contributed by atoms with E-state index in [4.69, 9.17) is 10.5 Å². The molecule has 0 aliphatic carbocycles. The number of hydrogen-bond acceptors (Lipinski definition) is 5. The third-order valence-corrected chi connectivity index (χ3v) is 6.48. The number of likely N-dealkylation sites (tertiary alicyclic amines) is 1. The molecule has 3 atom stereocenters. The molecule has 2 aromatic rings. The number of Topliss-reactive ketones (excluding diaryl/α,β-unsaturated/α-hetero) is 1. The van der Waals surface area contributed by atoms with Gasteiger partial charge in [-0.05, 0) is 55.5 Å². The van der Waals surface area contributed by atoms with Gasteiger partial charge in [-0.1, -0.05) is 49.4 Å². The molecule has 1 heterocycles. The van der Waals surface area contributed by atoms with Crippen LogP contribution in [0.25, 0.3) is 0 Å². The predicted molar refractivity (Wildman–Crippen MR) is 120 cm³/mol. The van der Waals surface area contributed by atoms with Gasteiger partial charge in [0, 0.05) is 31.5 Å². The number of ether oxygens (including phenoxy) is 1. The Balaban J connectivity index is 0.00000256. The molecule has 31 heavy (non-hydrogen) atoms. The van der Waals surface area contributed by atoms with Gasteiger partial charge in [0.05, 0.1) is 0 Å². The summed E-state index contributed by atoms with van der Waals surface area (Å²) in [5.74, 6) is 0.385. The Morgan fingerprint density at radius 2 is 1.94 bits per heavy atom. The molecule has 0 aromatic heterocycles. The predicted octanol–water partition coefficient (Wildman–Crippen LogP) is 0.786. The third kappa shape index (κ3) is 6.27. The Morgan fingerprint density at radius 3 is 2.58 bits per heavy atom. The summed E-state index contributed by atoms with van der Waals surface area (Å²) in [5.41, 5.74) is 7.80. The average Bonchev–Trinajstić information content (AvgIpc) is 2.74. The minimum absolute atomic E-state index is 0. The van der Waals surface area contributed by atoms with E-state index in [-0.39, 0.29) is 60.0 Å². The van der Waals surface area contributed by atoms with Gasteiger partial charge in [0.2, 0.25) is 0 Å². The van der Waals surface area contributed by atoms with Gasteiger partial charge < -0.3 is 16.8 Å². The molecule has 0 bridgehead atoms. The molecular weight excluding hydrogens is 399 g/mol. The Labute approximate surface area is 209 Å². The minimum atomic E-state index is -0.325. The topological polar surface area (TPSA) is 72.6 Å². The number of ketones is 1. The van der Waals surface area contributed by atoms with E-state index in [1.54, 1.807) is 6.07 Å². The van der Waals surface area contributed by atoms with Gasteiger partial charge in [-0.3, -0.25) is 9.59 Å². The Hall–Kier alpha value is -1.50. The molecular formula is C25H33N2NaO3. The normalized spacial score (nSPS) is 22.3. The molecule has 2 N–H and O–H groups in total. The summed E-state index contributed by atoms with van der Waals surface area (Å²) in [7, 11) is 2.12. The number of nitrogens with two attached hydrogens (primary N) is 1. The summed E-state index contributed by atoms with van der Waals surface area (Å²) in [6, 6.07) is 17.2. The molecule has 1 aliphatic rings. The number of piperidine rings is 1. The number of rotatable bonds is 7. The quantitative estimate of drug-likeness (QED) is 0.303. The monoisotopic (exact) mass is 432 g/mol. The van der Waals surface area contributed by atoms with Gasteiger partial charge in [0.25, 0.3) is 0 Å². The van der Waals surface area contributed by atoms with Gasteiger partial charge >= 0.3 is 35.5 Å². The molecule has 6 heteroatoms. The van der Waals surface area contributed by atoms with Crippen molar-refractivity contribution in [3.8, 4) is 5.75 Å². The number of carbonyl (C=O) groups excluding carboxylic acids is 2. The maximum Gasteiger partial charge on any atom is 1.00 e. The molecule has 0 amide bonds. The van der Waals surface area contributed by atoms with Gasteiger partial charge in [-0.25, -0.2) is 0 Å². The summed E-state index contributed by atoms with van der Waals surface area (Å²) in [6.07, 6.45) is 1.69. The molecule has 1 aliphatic heterocycles. The third-order valence-electron chi connectivity index (χ3n) is 6.48. The van der Waals surface area contributed by atoms with Crippen molar-refractivity contribution in [3.63, 3.8) is 0 Å². The molecule has 5 nitrogen and oxygen atoms in total. The standard InChI is InChI=1S/C25H32N2O3.Na.H/c1-18(28)30-23-11-7-10-21(15-23)25(2)12-13-27(3)17-22(25)14-20(16-26)24(29)19-8-5-4-6-9-19;;/h4-11,15,20,22H,12-14,16-17,26H2,1-3H3;;/q;+1;-1. The molecule has 0 saturated carbocycles. The smallest absolute Gasteiger partial charge is 1.00 e. The molecule has 0 spiro atoms. The van der Waals surface area contributed by atoms with Crippen LogP contribution in [0.5, 0.6) is 5.75 Å². The SMILES string of the molecule is CC(=O)Oc1cccc(C2(C)CCN(C)CC2CC(CN)C(=O)c2ccccc2)c1.[H-].[Na+]. The van der Waals surface area contributed by atoms with Crippen molar-refractivity contribution in [2.75, 3.05) is 26.7 Å². The van der Waals surface area contributed by atoms with Crippen molar-refractivity contribution in [1.29, 1.82) is 0 Å². The van der Waals surface area contributed by atoms with Gasteiger partial charge in [0.15, 0.2) is 5.78 Å². The van der Waals surface area contributed by atoms with Crippen molar-refractivity contribution < 1.29 is 45.3 Å². The summed E-state index contributed by atoms with van der Waals surface area (Å²) in [5, 5.41) is 0. The van der Waals surface area contributed by atoms with E-state index in [1.165, 1.54) is 6.92 Å². The number of esters is 1. The summed E-state index contributed by atoms with van der Waals surface area (Å²) in [6.45, 7) is 5.88. The summed E-state index contributed by atoms with van der Waals surface area (Å²) in [4.78, 5) is 26.8. The summed E-state index contributed by atoms with van der Waals surface area (Å²) >= 11 is 0. The van der Waals surface area contributed by atoms with Crippen LogP contribution < -0.4 is 40.0 Å². The van der Waals surface area contributed by atoms with E-state index in [9.17, 15) is 9.59 Å². The second kappa shape index (κ2) is 11.4. The Kier molecular flexibility index (Phi) is 9.46. The molecule has 1 fully saturated rings. The second-order valence-electron chi connectivity index (χ2n) is 8.65. The first kappa shape index (κ1) is 25.8. The fourth-order valence-electron chi connectivity index (χ4n) is 4.58. The number of benzene rings is 2. The van der Waals surface area contributed by atoms with E-state index < -0.39 is 0 Å². The number of carbonyl (C=O) groups is 2. The van der Waals surface area contributed by atoms with Crippen molar-refractivity contribution >= 4 is 11.8 Å². The Morgan fingerprint density at radius 1 is 1.23 bits per heavy atom. The van der Waals surface area contributed by atoms with Crippen LogP contribution in [-0.4, -0.2) is 43.3 Å². The molecule has 2 aromatic carbocycles. The number of nitrogens with zero attached hydrogens (tertiary/aromatic N) is 1. The molecule has 3 unspecified atom stereocenters. The van der Waals surface area contributed by atoms with Crippen LogP contribution in [0, 0.1) is 11.8 Å². The van der Waals surface area contributed by atoms with Gasteiger partial charge in [-0.2, -0.15) is 0 Å². The first-order valence-corrected chi connectivity index (χ1v) is 10.6. The maximum atomic E-state index is 13.1. The molecule has 0 radical (unpaired) electrons. The van der Waals surface area contributed by atoms with Crippen molar-refractivity contribution in [1.82, 2.24) is 4.90 Å². The van der Waals surface area contributed by atoms with Crippen LogP contribution >= 0.6 is 0 Å². The van der Waals surface area contributed by atoms with Crippen LogP contribution in [0.3, 0.4) is 0 Å². The van der Waals surface area contributed by atoms with Crippen molar-refractivity contribution in [2.24, 2.45) is 17.6 Å². The van der Waals surface area contributed by atoms with E-state index in [0.717, 1.165) is 37.1 Å². The zero-order valence-electron chi connectivity index (χ0n) is 20.1. The number of hydrogen-bond donors (Lipinski definition) is 1. The van der Waals surface area contributed by atoms with Crippen LogP contribution in [0.4, 0.5) is 0 Å². The summed E-state index contributed by atoms with van der Waals surface area (Å²) < 4.78 is 5.32. The van der Waals surface area contributed by atoms with Crippen LogP contribution in [0.2, 0.25) is 0 Å². The van der Waals surface area contributed by atoms with Crippen molar-refractivity contribution in [2.45, 2.75) is 32.1 Å². The van der Waals surface area contributed by atoms with Crippen LogP contribution in [0.1, 0.15) is 44.0 Å². The Bertz CT molecular complexity index is 896. The van der Waals surface area contributed by atoms with Crippen LogP contribution in [-0.2, 0) is 10.2 Å². The van der Waals surface area contributed by atoms with Crippen LogP contribution in [0.15, 0.2) is 54.6 Å². The maximum absolute atomic E-state index is 13.1. The average molecular weight is 433 g/mol. The largest absolute Gasteiger partial charge is 1.00 e. The fraction of sp³-hybridized carbons (Fsp3) is 0.440.